The minimum absolute atomic E-state index is 0.364. The number of aliphatic imine (C=N–C) groups is 1. The van der Waals surface area contributed by atoms with E-state index in [1.807, 2.05) is 18.2 Å². The van der Waals surface area contributed by atoms with Gasteiger partial charge in [-0.3, -0.25) is 0 Å². The van der Waals surface area contributed by atoms with E-state index in [-0.39, 0.29) is 0 Å². The number of hydrogen-bond donors (Lipinski definition) is 0. The van der Waals surface area contributed by atoms with E-state index in [4.69, 9.17) is 4.42 Å². The maximum atomic E-state index is 11.7. The van der Waals surface area contributed by atoms with Crippen LogP contribution in [0.4, 0.5) is 0 Å². The fourth-order valence-electron chi connectivity index (χ4n) is 4.26. The second kappa shape index (κ2) is 10.6. The quantitative estimate of drug-likeness (QED) is 0.132. The molecule has 0 aliphatic rings. The number of benzene rings is 4. The Morgan fingerprint density at radius 3 is 2.28 bits per heavy atom. The third kappa shape index (κ3) is 4.82. The Kier molecular flexibility index (Phi) is 6.99. The minimum Gasteiger partial charge on any atom is -0.467 e. The summed E-state index contributed by atoms with van der Waals surface area (Å²) in [4.78, 5) is 25.7. The van der Waals surface area contributed by atoms with Crippen LogP contribution in [0.15, 0.2) is 100 Å². The van der Waals surface area contributed by atoms with Crippen molar-refractivity contribution >= 4 is 45.7 Å². The van der Waals surface area contributed by atoms with E-state index in [2.05, 4.69) is 82.5 Å². The van der Waals surface area contributed by atoms with E-state index >= 15 is 0 Å². The van der Waals surface area contributed by atoms with Crippen LogP contribution in [0.1, 0.15) is 5.56 Å². The highest BCUT2D eigenvalue weighted by molar-refractivity contribution is 7.98. The van der Waals surface area contributed by atoms with Gasteiger partial charge in [0.1, 0.15) is 11.2 Å². The van der Waals surface area contributed by atoms with E-state index < -0.39 is 12.0 Å². The first-order chi connectivity index (χ1) is 17.7. The number of ether oxygens (including phenoxy) is 1. The van der Waals surface area contributed by atoms with E-state index in [1.54, 1.807) is 0 Å². The largest absolute Gasteiger partial charge is 0.467 e. The minimum atomic E-state index is -0.819. The predicted molar refractivity (Wildman–Crippen MR) is 145 cm³/mol. The summed E-state index contributed by atoms with van der Waals surface area (Å²) in [7, 11) is 1.28. The number of para-hydroxylation sites is 2. The maximum absolute atomic E-state index is 11.7. The van der Waals surface area contributed by atoms with Crippen molar-refractivity contribution in [2.75, 3.05) is 12.9 Å². The molecule has 1 aromatic heterocycles. The van der Waals surface area contributed by atoms with Crippen LogP contribution >= 0.6 is 11.8 Å². The number of carbonyl (C=O) groups excluding carboxylic acids is 2. The molecule has 5 aromatic rings. The van der Waals surface area contributed by atoms with Gasteiger partial charge in [-0.15, -0.1) is 0 Å². The number of isocyanates is 1. The number of hydrogen-bond acceptors (Lipinski definition) is 6. The highest BCUT2D eigenvalue weighted by Gasteiger charge is 2.18. The van der Waals surface area contributed by atoms with Gasteiger partial charge in [0.05, 0.1) is 7.11 Å². The lowest BCUT2D eigenvalue weighted by Crippen LogP contribution is -2.22. The molecule has 0 N–H and O–H groups in total. The smallest absolute Gasteiger partial charge is 0.332 e. The number of thioether (sulfide) groups is 1. The molecule has 0 saturated heterocycles. The number of nitrogens with zero attached hydrogens (tertiary/aromatic N) is 1. The van der Waals surface area contributed by atoms with Gasteiger partial charge in [-0.25, -0.2) is 9.59 Å². The Bertz CT molecular complexity index is 1570. The first-order valence-corrected chi connectivity index (χ1v) is 12.7. The van der Waals surface area contributed by atoms with Gasteiger partial charge in [0, 0.05) is 27.8 Å². The fourth-order valence-corrected chi connectivity index (χ4v) is 5.24. The molecular weight excluding hydrogens is 470 g/mol. The Morgan fingerprint density at radius 2 is 1.56 bits per heavy atom. The van der Waals surface area contributed by atoms with Gasteiger partial charge in [0.15, 0.2) is 6.04 Å². The van der Waals surface area contributed by atoms with Crippen molar-refractivity contribution in [2.45, 2.75) is 11.8 Å². The highest BCUT2D eigenvalue weighted by atomic mass is 32.2. The van der Waals surface area contributed by atoms with Crippen LogP contribution in [0.2, 0.25) is 0 Å². The molecular formula is C30H23NO4S. The maximum Gasteiger partial charge on any atom is 0.332 e. The standard InChI is InChI=1S/C30H23NO4S/c1-34-30(33)27(31-19-32)18-36-17-20-9-11-21(12-10-20)22-13-15-23(16-14-22)24-6-4-7-26-25-5-2-3-8-28(25)35-29(24)26/h2-16,27H,17-18H2,1H3. The number of methoxy groups -OCH3 is 1. The molecule has 0 radical (unpaired) electrons. The molecule has 0 aliphatic carbocycles. The summed E-state index contributed by atoms with van der Waals surface area (Å²) >= 11 is 1.52. The summed E-state index contributed by atoms with van der Waals surface area (Å²) < 4.78 is 10.9. The van der Waals surface area contributed by atoms with Crippen LogP contribution in [-0.4, -0.2) is 31.0 Å². The normalized spacial score (nSPS) is 11.8. The van der Waals surface area contributed by atoms with Crippen LogP contribution in [-0.2, 0) is 20.1 Å². The summed E-state index contributed by atoms with van der Waals surface area (Å²) in [5, 5.41) is 2.25. The van der Waals surface area contributed by atoms with Crippen LogP contribution in [0.3, 0.4) is 0 Å². The topological polar surface area (TPSA) is 68.9 Å². The second-order valence-electron chi connectivity index (χ2n) is 8.33. The summed E-state index contributed by atoms with van der Waals surface area (Å²) in [6.45, 7) is 0. The molecule has 1 atom stereocenters. The number of rotatable bonds is 8. The molecule has 5 rings (SSSR count). The van der Waals surface area contributed by atoms with Gasteiger partial charge in [-0.05, 0) is 28.3 Å². The zero-order chi connectivity index (χ0) is 24.9. The molecule has 0 saturated carbocycles. The molecule has 1 unspecified atom stereocenters. The van der Waals surface area contributed by atoms with Crippen molar-refractivity contribution in [2.24, 2.45) is 4.99 Å². The van der Waals surface area contributed by atoms with Gasteiger partial charge in [-0.1, -0.05) is 84.9 Å². The molecule has 0 fully saturated rings. The lowest BCUT2D eigenvalue weighted by Gasteiger charge is -2.09. The van der Waals surface area contributed by atoms with Crippen molar-refractivity contribution in [1.82, 2.24) is 0 Å². The molecule has 0 amide bonds. The van der Waals surface area contributed by atoms with E-state index in [0.29, 0.717) is 11.5 Å². The third-order valence-corrected chi connectivity index (χ3v) is 7.20. The highest BCUT2D eigenvalue weighted by Crippen LogP contribution is 2.36. The summed E-state index contributed by atoms with van der Waals surface area (Å²) in [6, 6.07) is 30.4. The van der Waals surface area contributed by atoms with Gasteiger partial charge < -0.3 is 9.15 Å². The second-order valence-corrected chi connectivity index (χ2v) is 9.36. The molecule has 0 bridgehead atoms. The zero-order valence-corrected chi connectivity index (χ0v) is 20.5. The first-order valence-electron chi connectivity index (χ1n) is 11.5. The average Bonchev–Trinajstić information content (AvgIpc) is 3.32. The number of furan rings is 1. The van der Waals surface area contributed by atoms with Crippen LogP contribution in [0, 0.1) is 0 Å². The Balaban J connectivity index is 1.30. The Hall–Kier alpha value is -4.12. The molecule has 1 heterocycles. The lowest BCUT2D eigenvalue weighted by molar-refractivity contribution is -0.141. The molecule has 36 heavy (non-hydrogen) atoms. The van der Waals surface area contributed by atoms with Gasteiger partial charge in [0.25, 0.3) is 0 Å². The van der Waals surface area contributed by atoms with Crippen LogP contribution in [0.5, 0.6) is 0 Å². The zero-order valence-electron chi connectivity index (χ0n) is 19.6. The Labute approximate surface area is 212 Å². The van der Waals surface area contributed by atoms with E-state index in [0.717, 1.165) is 49.8 Å². The average molecular weight is 494 g/mol. The fraction of sp³-hybridized carbons (Fsp3) is 0.133. The van der Waals surface area contributed by atoms with E-state index in [1.165, 1.54) is 25.0 Å². The van der Waals surface area contributed by atoms with Crippen molar-refractivity contribution < 1.29 is 18.7 Å². The molecule has 5 nitrogen and oxygen atoms in total. The third-order valence-electron chi connectivity index (χ3n) is 6.11. The summed E-state index contributed by atoms with van der Waals surface area (Å²) in [5.74, 6) is 0.535. The predicted octanol–water partition coefficient (Wildman–Crippen LogP) is 7.03. The van der Waals surface area contributed by atoms with Gasteiger partial charge in [0.2, 0.25) is 6.08 Å². The molecule has 0 spiro atoms. The van der Waals surface area contributed by atoms with Crippen molar-refractivity contribution in [3.8, 4) is 22.3 Å². The van der Waals surface area contributed by atoms with Crippen molar-refractivity contribution in [3.63, 3.8) is 0 Å². The number of carbonyl (C=O) groups is 1. The van der Waals surface area contributed by atoms with Gasteiger partial charge >= 0.3 is 5.97 Å². The first kappa shape index (κ1) is 23.6. The summed E-state index contributed by atoms with van der Waals surface area (Å²) in [5.41, 5.74) is 7.35. The summed E-state index contributed by atoms with van der Waals surface area (Å²) in [6.07, 6.45) is 1.44. The van der Waals surface area contributed by atoms with Gasteiger partial charge in [-0.2, -0.15) is 16.8 Å². The molecule has 4 aromatic carbocycles. The van der Waals surface area contributed by atoms with E-state index in [9.17, 15) is 9.59 Å². The van der Waals surface area contributed by atoms with Crippen LogP contribution < -0.4 is 0 Å². The monoisotopic (exact) mass is 493 g/mol. The molecule has 6 heteroatoms. The number of esters is 1. The molecule has 0 aliphatic heterocycles. The van der Waals surface area contributed by atoms with Crippen molar-refractivity contribution in [3.05, 3.63) is 96.6 Å². The molecule has 178 valence electrons. The number of fused-ring (bicyclic) bond motifs is 3. The lowest BCUT2D eigenvalue weighted by atomic mass is 9.98. The van der Waals surface area contributed by atoms with Crippen molar-refractivity contribution in [1.29, 1.82) is 0 Å². The Morgan fingerprint density at radius 1 is 0.889 bits per heavy atom. The van der Waals surface area contributed by atoms with Crippen LogP contribution in [0.25, 0.3) is 44.2 Å². The SMILES string of the molecule is COC(=O)C(CSCc1ccc(-c2ccc(-c3cccc4c3oc3ccccc34)cc2)cc1)N=C=O.